The van der Waals surface area contributed by atoms with Crippen molar-refractivity contribution in [2.75, 3.05) is 19.6 Å². The number of carbonyl (C=O) groups is 2. The Morgan fingerprint density at radius 2 is 2.30 bits per heavy atom. The number of thiophene rings is 1. The third-order valence-electron chi connectivity index (χ3n) is 3.04. The standard InChI is InChI=1S/C13H19N3O2S.ClH/c17-12(16-10-3-1-6-14-9-10)5-7-15-13(18)11-4-2-8-19-11;/h2,4,8,10,14H,1,3,5-7,9H2,(H,15,18)(H,16,17);1H/t10-;/m0./s1. The van der Waals surface area contributed by atoms with Gasteiger partial charge in [-0.05, 0) is 30.8 Å². The second kappa shape index (κ2) is 8.94. The van der Waals surface area contributed by atoms with E-state index in [-0.39, 0.29) is 30.3 Å². The molecule has 112 valence electrons. The summed E-state index contributed by atoms with van der Waals surface area (Å²) in [7, 11) is 0. The van der Waals surface area contributed by atoms with Gasteiger partial charge in [-0.25, -0.2) is 0 Å². The predicted octanol–water partition coefficient (Wildman–Crippen LogP) is 1.16. The molecule has 0 aliphatic carbocycles. The van der Waals surface area contributed by atoms with Crippen molar-refractivity contribution in [2.45, 2.75) is 25.3 Å². The van der Waals surface area contributed by atoms with Crippen molar-refractivity contribution < 1.29 is 9.59 Å². The van der Waals surface area contributed by atoms with E-state index in [1.165, 1.54) is 11.3 Å². The van der Waals surface area contributed by atoms with E-state index in [0.29, 0.717) is 17.8 Å². The molecule has 5 nitrogen and oxygen atoms in total. The van der Waals surface area contributed by atoms with Gasteiger partial charge < -0.3 is 16.0 Å². The topological polar surface area (TPSA) is 70.2 Å². The average Bonchev–Trinajstić information content (AvgIpc) is 2.93. The van der Waals surface area contributed by atoms with E-state index < -0.39 is 0 Å². The second-order valence-corrected chi connectivity index (χ2v) is 5.54. The van der Waals surface area contributed by atoms with E-state index in [9.17, 15) is 9.59 Å². The molecule has 0 spiro atoms. The van der Waals surface area contributed by atoms with Crippen LogP contribution in [0.15, 0.2) is 17.5 Å². The van der Waals surface area contributed by atoms with E-state index in [4.69, 9.17) is 0 Å². The van der Waals surface area contributed by atoms with E-state index in [1.807, 2.05) is 11.4 Å². The Morgan fingerprint density at radius 3 is 2.95 bits per heavy atom. The molecule has 1 aromatic rings. The van der Waals surface area contributed by atoms with Gasteiger partial charge in [0.15, 0.2) is 0 Å². The van der Waals surface area contributed by atoms with Crippen LogP contribution in [0.2, 0.25) is 0 Å². The number of amides is 2. The summed E-state index contributed by atoms with van der Waals surface area (Å²) in [6.07, 6.45) is 2.45. The smallest absolute Gasteiger partial charge is 0.261 e. The minimum absolute atomic E-state index is 0. The summed E-state index contributed by atoms with van der Waals surface area (Å²) < 4.78 is 0. The summed E-state index contributed by atoms with van der Waals surface area (Å²) in [6, 6.07) is 3.84. The maximum absolute atomic E-state index is 11.7. The van der Waals surface area contributed by atoms with Gasteiger partial charge in [0.05, 0.1) is 4.88 Å². The molecule has 20 heavy (non-hydrogen) atoms. The highest BCUT2D eigenvalue weighted by atomic mass is 35.5. The maximum atomic E-state index is 11.7. The lowest BCUT2D eigenvalue weighted by molar-refractivity contribution is -0.121. The molecule has 1 aromatic heterocycles. The van der Waals surface area contributed by atoms with Crippen LogP contribution < -0.4 is 16.0 Å². The van der Waals surface area contributed by atoms with Crippen molar-refractivity contribution >= 4 is 35.6 Å². The summed E-state index contributed by atoms with van der Waals surface area (Å²) >= 11 is 1.40. The van der Waals surface area contributed by atoms with Crippen LogP contribution in [0.25, 0.3) is 0 Å². The average molecular weight is 318 g/mol. The minimum atomic E-state index is -0.109. The van der Waals surface area contributed by atoms with Crippen LogP contribution in [0.4, 0.5) is 0 Å². The first kappa shape index (κ1) is 16.9. The SMILES string of the molecule is Cl.O=C(CCNC(=O)c1cccs1)N[C@H]1CCCNC1. The first-order valence-corrected chi connectivity index (χ1v) is 7.45. The summed E-state index contributed by atoms with van der Waals surface area (Å²) in [4.78, 5) is 24.0. The van der Waals surface area contributed by atoms with E-state index in [2.05, 4.69) is 16.0 Å². The van der Waals surface area contributed by atoms with Crippen LogP contribution in [-0.4, -0.2) is 37.5 Å². The quantitative estimate of drug-likeness (QED) is 0.763. The highest BCUT2D eigenvalue weighted by Crippen LogP contribution is 2.07. The van der Waals surface area contributed by atoms with Crippen LogP contribution in [0.5, 0.6) is 0 Å². The number of piperidine rings is 1. The molecular weight excluding hydrogens is 298 g/mol. The van der Waals surface area contributed by atoms with Gasteiger partial charge in [0.25, 0.3) is 5.91 Å². The van der Waals surface area contributed by atoms with Crippen molar-refractivity contribution in [1.82, 2.24) is 16.0 Å². The zero-order valence-corrected chi connectivity index (χ0v) is 12.8. The molecule has 1 aliphatic heterocycles. The second-order valence-electron chi connectivity index (χ2n) is 4.59. The molecule has 0 aromatic carbocycles. The number of halogens is 1. The van der Waals surface area contributed by atoms with Crippen LogP contribution in [0.1, 0.15) is 28.9 Å². The van der Waals surface area contributed by atoms with E-state index >= 15 is 0 Å². The van der Waals surface area contributed by atoms with E-state index in [0.717, 1.165) is 25.9 Å². The summed E-state index contributed by atoms with van der Waals surface area (Å²) in [5, 5.41) is 10.8. The van der Waals surface area contributed by atoms with Gasteiger partial charge in [0, 0.05) is 25.6 Å². The molecule has 1 saturated heterocycles. The predicted molar refractivity (Wildman–Crippen MR) is 82.6 cm³/mol. The number of hydrogen-bond donors (Lipinski definition) is 3. The molecule has 0 bridgehead atoms. The lowest BCUT2D eigenvalue weighted by Crippen LogP contribution is -2.46. The molecule has 1 aliphatic rings. The van der Waals surface area contributed by atoms with Crippen molar-refractivity contribution in [2.24, 2.45) is 0 Å². The lowest BCUT2D eigenvalue weighted by atomic mass is 10.1. The van der Waals surface area contributed by atoms with Gasteiger partial charge in [0.1, 0.15) is 0 Å². The number of hydrogen-bond acceptors (Lipinski definition) is 4. The fourth-order valence-electron chi connectivity index (χ4n) is 2.06. The minimum Gasteiger partial charge on any atom is -0.352 e. The first-order valence-electron chi connectivity index (χ1n) is 6.57. The molecule has 0 radical (unpaired) electrons. The molecule has 2 amide bonds. The first-order chi connectivity index (χ1) is 9.25. The Hall–Kier alpha value is -1.11. The van der Waals surface area contributed by atoms with Gasteiger partial charge >= 0.3 is 0 Å². The van der Waals surface area contributed by atoms with Gasteiger partial charge in [-0.2, -0.15) is 0 Å². The van der Waals surface area contributed by atoms with Crippen LogP contribution >= 0.6 is 23.7 Å². The molecule has 7 heteroatoms. The molecule has 2 heterocycles. The molecule has 0 unspecified atom stereocenters. The van der Waals surface area contributed by atoms with Crippen LogP contribution in [0, 0.1) is 0 Å². The van der Waals surface area contributed by atoms with Crippen molar-refractivity contribution in [3.8, 4) is 0 Å². The largest absolute Gasteiger partial charge is 0.352 e. The zero-order chi connectivity index (χ0) is 13.5. The summed E-state index contributed by atoms with van der Waals surface area (Å²) in [6.45, 7) is 2.25. The molecule has 2 rings (SSSR count). The van der Waals surface area contributed by atoms with E-state index in [1.54, 1.807) is 6.07 Å². The fourth-order valence-corrected chi connectivity index (χ4v) is 2.70. The van der Waals surface area contributed by atoms with Crippen molar-refractivity contribution in [1.29, 1.82) is 0 Å². The molecule has 0 saturated carbocycles. The Labute approximate surface area is 128 Å². The number of nitrogens with one attached hydrogen (secondary N) is 3. The van der Waals surface area contributed by atoms with Crippen LogP contribution in [-0.2, 0) is 4.79 Å². The summed E-state index contributed by atoms with van der Waals surface area (Å²) in [5.41, 5.74) is 0. The molecule has 3 N–H and O–H groups in total. The molecule has 1 fully saturated rings. The highest BCUT2D eigenvalue weighted by molar-refractivity contribution is 7.12. The number of rotatable bonds is 5. The van der Waals surface area contributed by atoms with Crippen LogP contribution in [0.3, 0.4) is 0 Å². The van der Waals surface area contributed by atoms with Crippen molar-refractivity contribution in [3.63, 3.8) is 0 Å². The maximum Gasteiger partial charge on any atom is 0.261 e. The third-order valence-corrected chi connectivity index (χ3v) is 3.91. The van der Waals surface area contributed by atoms with Gasteiger partial charge in [-0.15, -0.1) is 23.7 Å². The Bertz CT molecular complexity index is 419. The lowest BCUT2D eigenvalue weighted by Gasteiger charge is -2.23. The monoisotopic (exact) mass is 317 g/mol. The van der Waals surface area contributed by atoms with Crippen molar-refractivity contribution in [3.05, 3.63) is 22.4 Å². The zero-order valence-electron chi connectivity index (χ0n) is 11.2. The normalized spacial score (nSPS) is 17.9. The Morgan fingerprint density at radius 1 is 1.45 bits per heavy atom. The van der Waals surface area contributed by atoms with Gasteiger partial charge in [-0.1, -0.05) is 6.07 Å². The summed E-state index contributed by atoms with van der Waals surface area (Å²) in [5.74, 6) is -0.109. The van der Waals surface area contributed by atoms with Gasteiger partial charge in [-0.3, -0.25) is 9.59 Å². The third kappa shape index (κ3) is 5.48. The molecule has 1 atom stereocenters. The highest BCUT2D eigenvalue weighted by Gasteiger charge is 2.15. The van der Waals surface area contributed by atoms with Gasteiger partial charge in [0.2, 0.25) is 5.91 Å². The Balaban J connectivity index is 0.00000200. The molecular formula is C13H20ClN3O2S. The number of carbonyl (C=O) groups excluding carboxylic acids is 2. The Kier molecular flexibility index (Phi) is 7.58. The fraction of sp³-hybridized carbons (Fsp3) is 0.538.